The third-order valence-electron chi connectivity index (χ3n) is 8.73. The van der Waals surface area contributed by atoms with Crippen molar-refractivity contribution >= 4 is 11.8 Å². The average Bonchev–Trinajstić information content (AvgIpc) is 3.65. The standard InChI is InChI=1S/C34H39F3N4O2/c1-23(38)32(42)39-31(18-24-12-14-29(15-13-24)34(35,36)37)33(43)41-21-28(26-10-6-3-7-11-26)19-30(41)22-40-17-16-27(20-40)25-8-4-2-5-9-25/h2-15,23,27-28,30-31H,16-22,38H2,1H3,(H,39,42)/t23?,27?,28-,30-,31?/m0/s1. The highest BCUT2D eigenvalue weighted by atomic mass is 19.4. The van der Waals surface area contributed by atoms with Crippen molar-refractivity contribution in [3.63, 3.8) is 0 Å². The van der Waals surface area contributed by atoms with Gasteiger partial charge in [0.1, 0.15) is 6.04 Å². The Labute approximate surface area is 251 Å². The van der Waals surface area contributed by atoms with Crippen molar-refractivity contribution in [2.75, 3.05) is 26.2 Å². The first-order valence-electron chi connectivity index (χ1n) is 14.9. The van der Waals surface area contributed by atoms with Gasteiger partial charge in [-0.1, -0.05) is 72.8 Å². The molecule has 0 saturated carbocycles. The molecule has 0 bridgehead atoms. The fraction of sp³-hybridized carbons (Fsp3) is 0.412. The van der Waals surface area contributed by atoms with E-state index in [4.69, 9.17) is 5.73 Å². The molecule has 3 aromatic carbocycles. The number of alkyl halides is 3. The van der Waals surface area contributed by atoms with Gasteiger partial charge < -0.3 is 20.9 Å². The average molecular weight is 593 g/mol. The number of nitrogens with two attached hydrogens (primary N) is 1. The number of benzene rings is 3. The monoisotopic (exact) mass is 592 g/mol. The van der Waals surface area contributed by atoms with Crippen LogP contribution in [0.5, 0.6) is 0 Å². The number of hydrogen-bond acceptors (Lipinski definition) is 4. The van der Waals surface area contributed by atoms with E-state index in [-0.39, 0.29) is 24.3 Å². The summed E-state index contributed by atoms with van der Waals surface area (Å²) < 4.78 is 39.4. The molecule has 0 aromatic heterocycles. The maximum atomic E-state index is 14.3. The lowest BCUT2D eigenvalue weighted by molar-refractivity contribution is -0.138. The highest BCUT2D eigenvalue weighted by Crippen LogP contribution is 2.35. The molecular weight excluding hydrogens is 553 g/mol. The van der Waals surface area contributed by atoms with Gasteiger partial charge in [-0.15, -0.1) is 0 Å². The van der Waals surface area contributed by atoms with Crippen LogP contribution in [0.25, 0.3) is 0 Å². The number of carbonyl (C=O) groups excluding carboxylic acids is 2. The summed E-state index contributed by atoms with van der Waals surface area (Å²) in [4.78, 5) is 31.3. The van der Waals surface area contributed by atoms with Crippen molar-refractivity contribution in [1.29, 1.82) is 0 Å². The molecule has 6 nitrogen and oxygen atoms in total. The Morgan fingerprint density at radius 2 is 1.51 bits per heavy atom. The van der Waals surface area contributed by atoms with Crippen molar-refractivity contribution in [3.8, 4) is 0 Å². The zero-order valence-corrected chi connectivity index (χ0v) is 24.3. The fourth-order valence-electron chi connectivity index (χ4n) is 6.39. The second-order valence-electron chi connectivity index (χ2n) is 11.9. The van der Waals surface area contributed by atoms with Crippen LogP contribution in [0.3, 0.4) is 0 Å². The van der Waals surface area contributed by atoms with E-state index in [9.17, 15) is 22.8 Å². The lowest BCUT2D eigenvalue weighted by atomic mass is 9.96. The summed E-state index contributed by atoms with van der Waals surface area (Å²) in [5.41, 5.74) is 8.07. The molecule has 228 valence electrons. The molecule has 2 heterocycles. The molecule has 2 aliphatic heterocycles. The SMILES string of the molecule is CC(N)C(=O)NC(Cc1ccc(C(F)(F)F)cc1)C(=O)N1C[C@@H](c2ccccc2)C[C@H]1CN1CCC(c2ccccc2)C1. The molecular formula is C34H39F3N4O2. The Morgan fingerprint density at radius 3 is 2.09 bits per heavy atom. The van der Waals surface area contributed by atoms with Crippen LogP contribution in [-0.2, 0) is 22.2 Å². The molecule has 0 aliphatic carbocycles. The number of amides is 2. The van der Waals surface area contributed by atoms with Gasteiger partial charge in [-0.2, -0.15) is 13.2 Å². The van der Waals surface area contributed by atoms with Gasteiger partial charge in [-0.25, -0.2) is 0 Å². The normalized spacial score (nSPS) is 22.3. The zero-order valence-electron chi connectivity index (χ0n) is 24.3. The molecule has 43 heavy (non-hydrogen) atoms. The number of rotatable bonds is 9. The number of carbonyl (C=O) groups is 2. The van der Waals surface area contributed by atoms with Crippen LogP contribution in [0, 0.1) is 0 Å². The maximum Gasteiger partial charge on any atom is 0.416 e. The van der Waals surface area contributed by atoms with E-state index in [1.807, 2.05) is 29.2 Å². The van der Waals surface area contributed by atoms with Crippen molar-refractivity contribution in [3.05, 3.63) is 107 Å². The molecule has 2 aliphatic rings. The molecule has 5 atom stereocenters. The second kappa shape index (κ2) is 13.3. The van der Waals surface area contributed by atoms with Crippen molar-refractivity contribution in [1.82, 2.24) is 15.1 Å². The van der Waals surface area contributed by atoms with Crippen LogP contribution in [-0.4, -0.2) is 65.9 Å². The predicted octanol–water partition coefficient (Wildman–Crippen LogP) is 4.95. The van der Waals surface area contributed by atoms with Crippen LogP contribution in [0.2, 0.25) is 0 Å². The highest BCUT2D eigenvalue weighted by molar-refractivity contribution is 5.90. The lowest BCUT2D eigenvalue weighted by Gasteiger charge is -2.32. The van der Waals surface area contributed by atoms with Crippen molar-refractivity contribution in [2.45, 2.75) is 62.3 Å². The van der Waals surface area contributed by atoms with Gasteiger partial charge in [-0.3, -0.25) is 9.59 Å². The van der Waals surface area contributed by atoms with E-state index in [0.29, 0.717) is 24.6 Å². The summed E-state index contributed by atoms with van der Waals surface area (Å²) in [6.45, 7) is 4.60. The molecule has 0 radical (unpaired) electrons. The first-order valence-corrected chi connectivity index (χ1v) is 14.9. The Hall–Kier alpha value is -3.69. The Morgan fingerprint density at radius 1 is 0.907 bits per heavy atom. The maximum absolute atomic E-state index is 14.3. The molecule has 0 spiro atoms. The summed E-state index contributed by atoms with van der Waals surface area (Å²) in [5, 5.41) is 2.79. The smallest absolute Gasteiger partial charge is 0.343 e. The molecule has 2 fully saturated rings. The Kier molecular flexibility index (Phi) is 9.52. The minimum Gasteiger partial charge on any atom is -0.343 e. The van der Waals surface area contributed by atoms with Crippen LogP contribution in [0.15, 0.2) is 84.9 Å². The largest absolute Gasteiger partial charge is 0.416 e. The molecule has 2 amide bonds. The number of halogens is 3. The van der Waals surface area contributed by atoms with Gasteiger partial charge in [0, 0.05) is 38.0 Å². The Balaban J connectivity index is 1.37. The van der Waals surface area contributed by atoms with E-state index in [1.165, 1.54) is 24.6 Å². The number of hydrogen-bond donors (Lipinski definition) is 2. The summed E-state index contributed by atoms with van der Waals surface area (Å²) in [6.07, 6.45) is -2.56. The van der Waals surface area contributed by atoms with Gasteiger partial charge in [-0.05, 0) is 61.1 Å². The van der Waals surface area contributed by atoms with Crippen molar-refractivity contribution in [2.24, 2.45) is 5.73 Å². The summed E-state index contributed by atoms with van der Waals surface area (Å²) >= 11 is 0. The minimum absolute atomic E-state index is 0.0639. The van der Waals surface area contributed by atoms with Crippen LogP contribution in [0.1, 0.15) is 53.9 Å². The fourth-order valence-corrected chi connectivity index (χ4v) is 6.39. The van der Waals surface area contributed by atoms with E-state index in [2.05, 4.69) is 46.6 Å². The van der Waals surface area contributed by atoms with E-state index < -0.39 is 29.7 Å². The third-order valence-corrected chi connectivity index (χ3v) is 8.73. The van der Waals surface area contributed by atoms with Crippen LogP contribution < -0.4 is 11.1 Å². The molecule has 5 rings (SSSR count). The molecule has 3 aromatic rings. The first-order chi connectivity index (χ1) is 20.6. The summed E-state index contributed by atoms with van der Waals surface area (Å²) in [7, 11) is 0. The number of nitrogens with one attached hydrogen (secondary N) is 1. The molecule has 3 unspecified atom stereocenters. The van der Waals surface area contributed by atoms with Crippen LogP contribution in [0.4, 0.5) is 13.2 Å². The quantitative estimate of drug-likeness (QED) is 0.369. The van der Waals surface area contributed by atoms with Crippen LogP contribution >= 0.6 is 0 Å². The Bertz CT molecular complexity index is 1370. The minimum atomic E-state index is -4.46. The molecule has 2 saturated heterocycles. The van der Waals surface area contributed by atoms with Crippen molar-refractivity contribution < 1.29 is 22.8 Å². The second-order valence-corrected chi connectivity index (χ2v) is 11.9. The molecule has 9 heteroatoms. The molecule has 3 N–H and O–H groups in total. The lowest BCUT2D eigenvalue weighted by Crippen LogP contribution is -2.55. The number of likely N-dealkylation sites (tertiary alicyclic amines) is 2. The van der Waals surface area contributed by atoms with Gasteiger partial charge in [0.25, 0.3) is 0 Å². The predicted molar refractivity (Wildman–Crippen MR) is 160 cm³/mol. The van der Waals surface area contributed by atoms with E-state index in [1.54, 1.807) is 0 Å². The number of nitrogens with zero attached hydrogens (tertiary/aromatic N) is 2. The van der Waals surface area contributed by atoms with E-state index >= 15 is 0 Å². The summed E-state index contributed by atoms with van der Waals surface area (Å²) in [5.74, 6) is -0.144. The van der Waals surface area contributed by atoms with Gasteiger partial charge in [0.2, 0.25) is 11.8 Å². The first kappa shape index (κ1) is 30.8. The van der Waals surface area contributed by atoms with Gasteiger partial charge in [0.15, 0.2) is 0 Å². The van der Waals surface area contributed by atoms with E-state index in [0.717, 1.165) is 43.6 Å². The van der Waals surface area contributed by atoms with Gasteiger partial charge in [0.05, 0.1) is 11.6 Å². The zero-order chi connectivity index (χ0) is 30.6. The topological polar surface area (TPSA) is 78.7 Å². The summed E-state index contributed by atoms with van der Waals surface area (Å²) in [6, 6.07) is 23.5. The highest BCUT2D eigenvalue weighted by Gasteiger charge is 2.41. The van der Waals surface area contributed by atoms with Gasteiger partial charge >= 0.3 is 6.18 Å². The third kappa shape index (κ3) is 7.64.